The van der Waals surface area contributed by atoms with Crippen molar-refractivity contribution in [2.24, 2.45) is 0 Å². The van der Waals surface area contributed by atoms with E-state index in [0.717, 1.165) is 0 Å². The normalized spacial score (nSPS) is 11.8. The van der Waals surface area contributed by atoms with Gasteiger partial charge >= 0.3 is 0 Å². The summed E-state index contributed by atoms with van der Waals surface area (Å²) in [6, 6.07) is 42.2. The standard InChI is InChI=1S/C28H19P/c1-3-10-20(11-4-1)29(21-12-5-2-6-13-21)27-19-18-25-23-15-8-7-14-22(23)24-16-9-17-26(27)28(24)25/h1-19H. The van der Waals surface area contributed by atoms with Crippen LogP contribution in [0.4, 0.5) is 0 Å². The van der Waals surface area contributed by atoms with Gasteiger partial charge < -0.3 is 0 Å². The molecule has 0 nitrogen and oxygen atoms in total. The van der Waals surface area contributed by atoms with Crippen molar-refractivity contribution < 1.29 is 0 Å². The Labute approximate surface area is 172 Å². The van der Waals surface area contributed by atoms with E-state index in [1.807, 2.05) is 0 Å². The fourth-order valence-corrected chi connectivity index (χ4v) is 7.02. The van der Waals surface area contributed by atoms with E-state index in [9.17, 15) is 0 Å². The molecule has 0 unspecified atom stereocenters. The van der Waals surface area contributed by atoms with Crippen LogP contribution in [0, 0.1) is 0 Å². The molecule has 1 aliphatic carbocycles. The predicted molar refractivity (Wildman–Crippen MR) is 127 cm³/mol. The Morgan fingerprint density at radius 3 is 1.52 bits per heavy atom. The van der Waals surface area contributed by atoms with E-state index < -0.39 is 7.92 Å². The van der Waals surface area contributed by atoms with E-state index in [1.165, 1.54) is 48.9 Å². The molecule has 0 radical (unpaired) electrons. The van der Waals surface area contributed by atoms with E-state index >= 15 is 0 Å². The minimum atomic E-state index is -0.619. The average Bonchev–Trinajstić information content (AvgIpc) is 3.13. The first kappa shape index (κ1) is 16.7. The summed E-state index contributed by atoms with van der Waals surface area (Å²) in [6.45, 7) is 0. The van der Waals surface area contributed by atoms with Gasteiger partial charge in [0.2, 0.25) is 0 Å². The molecule has 0 aliphatic heterocycles. The zero-order valence-electron chi connectivity index (χ0n) is 15.9. The Balaban J connectivity index is 1.67. The van der Waals surface area contributed by atoms with Crippen molar-refractivity contribution in [3.63, 3.8) is 0 Å². The van der Waals surface area contributed by atoms with Crippen molar-refractivity contribution in [3.05, 3.63) is 115 Å². The summed E-state index contributed by atoms with van der Waals surface area (Å²) >= 11 is 0. The molecule has 0 bridgehead atoms. The third kappa shape index (κ3) is 2.57. The largest absolute Gasteiger partial charge is 0.0622 e. The molecule has 29 heavy (non-hydrogen) atoms. The van der Waals surface area contributed by atoms with Gasteiger partial charge in [-0.05, 0) is 56.9 Å². The molecule has 1 heteroatoms. The van der Waals surface area contributed by atoms with Crippen LogP contribution in [0.25, 0.3) is 33.0 Å². The van der Waals surface area contributed by atoms with Crippen molar-refractivity contribution in [3.8, 4) is 22.3 Å². The molecule has 0 atom stereocenters. The highest BCUT2D eigenvalue weighted by Crippen LogP contribution is 2.48. The Morgan fingerprint density at radius 2 is 0.897 bits per heavy atom. The number of rotatable bonds is 3. The molecule has 5 aromatic carbocycles. The van der Waals surface area contributed by atoms with Gasteiger partial charge in [0.1, 0.15) is 0 Å². The Morgan fingerprint density at radius 1 is 0.379 bits per heavy atom. The van der Waals surface area contributed by atoms with Crippen molar-refractivity contribution in [1.82, 2.24) is 0 Å². The van der Waals surface area contributed by atoms with Crippen molar-refractivity contribution in [2.45, 2.75) is 0 Å². The first-order valence-electron chi connectivity index (χ1n) is 9.97. The van der Waals surface area contributed by atoms with Crippen LogP contribution in [0.2, 0.25) is 0 Å². The Kier molecular flexibility index (Phi) is 3.86. The third-order valence-corrected chi connectivity index (χ3v) is 8.30. The van der Waals surface area contributed by atoms with Gasteiger partial charge in [0.25, 0.3) is 0 Å². The fourth-order valence-electron chi connectivity index (χ4n) is 4.57. The third-order valence-electron chi connectivity index (χ3n) is 5.79. The highest BCUT2D eigenvalue weighted by Gasteiger charge is 2.25. The molecule has 0 heterocycles. The van der Waals surface area contributed by atoms with E-state index in [1.54, 1.807) is 0 Å². The SMILES string of the molecule is c1ccc(P(c2ccccc2)c2ccc3c4c(cccc24)-c2ccccc2-3)cc1. The van der Waals surface area contributed by atoms with E-state index in [2.05, 4.69) is 115 Å². The lowest BCUT2D eigenvalue weighted by atomic mass is 10.0. The highest BCUT2D eigenvalue weighted by atomic mass is 31.1. The maximum absolute atomic E-state index is 2.37. The fraction of sp³-hybridized carbons (Fsp3) is 0. The summed E-state index contributed by atoms with van der Waals surface area (Å²) in [4.78, 5) is 0. The smallest absolute Gasteiger partial charge is 0.00197 e. The van der Waals surface area contributed by atoms with Gasteiger partial charge in [-0.3, -0.25) is 0 Å². The van der Waals surface area contributed by atoms with Crippen LogP contribution in [0.5, 0.6) is 0 Å². The van der Waals surface area contributed by atoms with Gasteiger partial charge in [-0.25, -0.2) is 0 Å². The van der Waals surface area contributed by atoms with Gasteiger partial charge in [0, 0.05) is 0 Å². The van der Waals surface area contributed by atoms with Crippen molar-refractivity contribution in [2.75, 3.05) is 0 Å². The second-order valence-electron chi connectivity index (χ2n) is 7.41. The average molecular weight is 386 g/mol. The minimum absolute atomic E-state index is 0.619. The number of hydrogen-bond acceptors (Lipinski definition) is 0. The second-order valence-corrected chi connectivity index (χ2v) is 9.60. The highest BCUT2D eigenvalue weighted by molar-refractivity contribution is 7.80. The lowest BCUT2D eigenvalue weighted by Gasteiger charge is -2.21. The summed E-state index contributed by atoms with van der Waals surface area (Å²) < 4.78 is 0. The summed E-state index contributed by atoms with van der Waals surface area (Å²) in [5.74, 6) is 0. The molecule has 0 spiro atoms. The lowest BCUT2D eigenvalue weighted by Crippen LogP contribution is -2.21. The van der Waals surface area contributed by atoms with Gasteiger partial charge in [0.05, 0.1) is 0 Å². The maximum atomic E-state index is 2.37. The molecule has 0 fully saturated rings. The topological polar surface area (TPSA) is 0 Å². The molecule has 0 saturated carbocycles. The van der Waals surface area contributed by atoms with Crippen LogP contribution in [0.3, 0.4) is 0 Å². The molecule has 1 aliphatic rings. The maximum Gasteiger partial charge on any atom is -0.00197 e. The van der Waals surface area contributed by atoms with Crippen LogP contribution >= 0.6 is 7.92 Å². The zero-order chi connectivity index (χ0) is 19.2. The van der Waals surface area contributed by atoms with Crippen LogP contribution in [-0.4, -0.2) is 0 Å². The molecule has 136 valence electrons. The number of fused-ring (bicyclic) bond motifs is 3. The zero-order valence-corrected chi connectivity index (χ0v) is 16.8. The summed E-state index contributed by atoms with van der Waals surface area (Å²) in [7, 11) is -0.619. The van der Waals surface area contributed by atoms with Crippen molar-refractivity contribution in [1.29, 1.82) is 0 Å². The molecule has 6 rings (SSSR count). The lowest BCUT2D eigenvalue weighted by molar-refractivity contribution is 1.70. The summed E-state index contributed by atoms with van der Waals surface area (Å²) in [5.41, 5.74) is 5.44. The molecular weight excluding hydrogens is 367 g/mol. The van der Waals surface area contributed by atoms with Gasteiger partial charge in [-0.15, -0.1) is 0 Å². The molecule has 5 aromatic rings. The van der Waals surface area contributed by atoms with Crippen LogP contribution in [0.15, 0.2) is 115 Å². The quantitative estimate of drug-likeness (QED) is 0.316. The molecule has 0 saturated heterocycles. The minimum Gasteiger partial charge on any atom is -0.0622 e. The van der Waals surface area contributed by atoms with Gasteiger partial charge in [-0.2, -0.15) is 0 Å². The van der Waals surface area contributed by atoms with Gasteiger partial charge in [-0.1, -0.05) is 115 Å². The molecule has 0 aromatic heterocycles. The van der Waals surface area contributed by atoms with E-state index in [-0.39, 0.29) is 0 Å². The number of benzene rings is 5. The van der Waals surface area contributed by atoms with Crippen LogP contribution in [-0.2, 0) is 0 Å². The van der Waals surface area contributed by atoms with E-state index in [0.29, 0.717) is 0 Å². The van der Waals surface area contributed by atoms with Crippen LogP contribution < -0.4 is 15.9 Å². The number of hydrogen-bond donors (Lipinski definition) is 0. The van der Waals surface area contributed by atoms with Crippen LogP contribution in [0.1, 0.15) is 0 Å². The summed E-state index contributed by atoms with van der Waals surface area (Å²) in [5, 5.41) is 7.02. The molecule has 0 N–H and O–H groups in total. The first-order chi connectivity index (χ1) is 14.4. The van der Waals surface area contributed by atoms with E-state index in [4.69, 9.17) is 0 Å². The molecule has 0 amide bonds. The Bertz CT molecular complexity index is 1270. The van der Waals surface area contributed by atoms with Crippen molar-refractivity contribution >= 4 is 34.6 Å². The summed E-state index contributed by atoms with van der Waals surface area (Å²) in [6.07, 6.45) is 0. The molecular formula is C28H19P. The predicted octanol–water partition coefficient (Wildman–Crippen LogP) is 6.25. The van der Waals surface area contributed by atoms with Gasteiger partial charge in [0.15, 0.2) is 0 Å². The second kappa shape index (κ2) is 6.69. The first-order valence-corrected chi connectivity index (χ1v) is 11.3. The monoisotopic (exact) mass is 386 g/mol. The Hall–Kier alpha value is -3.21.